The van der Waals surface area contributed by atoms with Crippen LogP contribution >= 0.6 is 7.52 Å². The van der Waals surface area contributed by atoms with Gasteiger partial charge in [0.05, 0.1) is 11.9 Å². The molecule has 0 fully saturated rings. The molecule has 1 aromatic heterocycles. The fourth-order valence-electron chi connectivity index (χ4n) is 1.67. The maximum Gasteiger partial charge on any atom is 0.338 e. The van der Waals surface area contributed by atoms with Gasteiger partial charge >= 0.3 is 7.52 Å². The van der Waals surface area contributed by atoms with Crippen molar-refractivity contribution >= 4 is 13.2 Å². The zero-order chi connectivity index (χ0) is 13.7. The fourth-order valence-corrected chi connectivity index (χ4v) is 2.84. The van der Waals surface area contributed by atoms with Crippen molar-refractivity contribution in [3.8, 4) is 5.75 Å². The minimum atomic E-state index is -2.95. The normalized spacial score (nSPS) is 13.6. The van der Waals surface area contributed by atoms with Crippen molar-refractivity contribution in [3.05, 3.63) is 54.4 Å². The van der Waals surface area contributed by atoms with Gasteiger partial charge in [-0.1, -0.05) is 19.1 Å². The van der Waals surface area contributed by atoms with Gasteiger partial charge in [0, 0.05) is 12.9 Å². The predicted molar refractivity (Wildman–Crippen MR) is 77.8 cm³/mol. The van der Waals surface area contributed by atoms with Crippen molar-refractivity contribution in [2.45, 2.75) is 13.3 Å². The van der Waals surface area contributed by atoms with Gasteiger partial charge in [-0.3, -0.25) is 9.55 Å². The van der Waals surface area contributed by atoms with Crippen molar-refractivity contribution in [1.29, 1.82) is 0 Å². The summed E-state index contributed by atoms with van der Waals surface area (Å²) >= 11 is 0. The molecule has 1 heterocycles. The van der Waals surface area contributed by atoms with Crippen LogP contribution in [-0.2, 0) is 11.0 Å². The first kappa shape index (κ1) is 13.6. The Morgan fingerprint density at radius 2 is 2.00 bits per heavy atom. The Morgan fingerprint density at radius 3 is 2.58 bits per heavy atom. The van der Waals surface area contributed by atoms with E-state index in [4.69, 9.17) is 4.52 Å². The van der Waals surface area contributed by atoms with E-state index < -0.39 is 7.52 Å². The monoisotopic (exact) mass is 276 g/mol. The van der Waals surface area contributed by atoms with Crippen LogP contribution in [-0.4, -0.2) is 11.6 Å². The van der Waals surface area contributed by atoms with E-state index >= 15 is 0 Å². The highest BCUT2D eigenvalue weighted by Crippen LogP contribution is 2.42. The van der Waals surface area contributed by atoms with E-state index in [0.29, 0.717) is 11.4 Å². The minimum absolute atomic E-state index is 0.597. The molecule has 0 aliphatic rings. The van der Waals surface area contributed by atoms with Crippen LogP contribution in [0.2, 0.25) is 0 Å². The summed E-state index contributed by atoms with van der Waals surface area (Å²) in [6, 6.07) is 11.2. The molecule has 1 atom stereocenters. The summed E-state index contributed by atoms with van der Waals surface area (Å²) in [6.45, 7) is 3.64. The third-order valence-electron chi connectivity index (χ3n) is 2.60. The number of hydrogen-bond donors (Lipinski definition) is 1. The smallest absolute Gasteiger partial charge is 0.338 e. The van der Waals surface area contributed by atoms with Crippen molar-refractivity contribution in [1.82, 2.24) is 4.98 Å². The van der Waals surface area contributed by atoms with Gasteiger partial charge in [0.2, 0.25) is 0 Å². The molecule has 2 rings (SSSR count). The molecule has 0 aliphatic heterocycles. The Labute approximate surface area is 113 Å². The Kier molecular flexibility index (Phi) is 4.23. The first-order valence-electron chi connectivity index (χ1n) is 6.13. The average molecular weight is 276 g/mol. The van der Waals surface area contributed by atoms with Crippen LogP contribution in [0.4, 0.5) is 5.69 Å². The van der Waals surface area contributed by atoms with Crippen LogP contribution in [0.5, 0.6) is 5.75 Å². The topological polar surface area (TPSA) is 51.2 Å². The maximum atomic E-state index is 12.3. The van der Waals surface area contributed by atoms with E-state index in [1.54, 1.807) is 31.2 Å². The summed E-state index contributed by atoms with van der Waals surface area (Å²) in [4.78, 5) is 3.96. The van der Waals surface area contributed by atoms with Gasteiger partial charge in [0.1, 0.15) is 5.75 Å². The van der Waals surface area contributed by atoms with Gasteiger partial charge in [0.25, 0.3) is 0 Å². The fraction of sp³-hybridized carbons (Fsp3) is 0.214. The van der Waals surface area contributed by atoms with Crippen molar-refractivity contribution in [3.63, 3.8) is 0 Å². The van der Waals surface area contributed by atoms with E-state index in [1.807, 2.05) is 24.3 Å². The lowest BCUT2D eigenvalue weighted by Crippen LogP contribution is -2.02. The Hall–Kier alpha value is -1.80. The summed E-state index contributed by atoms with van der Waals surface area (Å²) in [5.41, 5.74) is 1.90. The largest absolute Gasteiger partial charge is 0.429 e. The van der Waals surface area contributed by atoms with Crippen LogP contribution < -0.4 is 9.61 Å². The second-order valence-electron chi connectivity index (χ2n) is 4.29. The lowest BCUT2D eigenvalue weighted by Gasteiger charge is -2.17. The number of nitrogens with one attached hydrogen (secondary N) is 1. The number of benzene rings is 1. The summed E-state index contributed by atoms with van der Waals surface area (Å²) in [5.74, 6) is 0.597. The first-order valence-corrected chi connectivity index (χ1v) is 8.20. The molecule has 0 saturated carbocycles. The lowest BCUT2D eigenvalue weighted by atomic mass is 10.2. The molecule has 1 aromatic carbocycles. The van der Waals surface area contributed by atoms with Crippen LogP contribution in [0, 0.1) is 0 Å². The van der Waals surface area contributed by atoms with Crippen LogP contribution in [0.1, 0.15) is 12.5 Å². The molecule has 2 aromatic rings. The standard InChI is InChI=1S/C14H17N2O2P/c1-3-12-6-8-14(9-7-12)18-19(2,17)16-13-5-4-10-15-11-13/h4-11H,3H2,1-2H3,(H,16,17)/t19-/m1/s1. The van der Waals surface area contributed by atoms with E-state index in [1.165, 1.54) is 5.56 Å². The number of anilines is 1. The molecule has 1 N–H and O–H groups in total. The Balaban J connectivity index is 2.06. The number of aryl methyl sites for hydroxylation is 1. The zero-order valence-electron chi connectivity index (χ0n) is 11.0. The number of rotatable bonds is 5. The molecule has 0 saturated heterocycles. The van der Waals surface area contributed by atoms with E-state index in [2.05, 4.69) is 17.0 Å². The summed E-state index contributed by atoms with van der Waals surface area (Å²) in [6.07, 6.45) is 4.24. The highest BCUT2D eigenvalue weighted by molar-refractivity contribution is 7.60. The third kappa shape index (κ3) is 4.11. The number of hydrogen-bond acceptors (Lipinski definition) is 3. The van der Waals surface area contributed by atoms with Gasteiger partial charge in [-0.2, -0.15) is 0 Å². The van der Waals surface area contributed by atoms with E-state index in [0.717, 1.165) is 6.42 Å². The molecular formula is C14H17N2O2P. The quantitative estimate of drug-likeness (QED) is 0.840. The molecule has 100 valence electrons. The van der Waals surface area contributed by atoms with Crippen LogP contribution in [0.15, 0.2) is 48.8 Å². The van der Waals surface area contributed by atoms with Gasteiger partial charge in [0.15, 0.2) is 0 Å². The lowest BCUT2D eigenvalue weighted by molar-refractivity contribution is 0.493. The predicted octanol–water partition coefficient (Wildman–Crippen LogP) is 3.96. The van der Waals surface area contributed by atoms with Crippen molar-refractivity contribution in [2.24, 2.45) is 0 Å². The van der Waals surface area contributed by atoms with E-state index in [9.17, 15) is 4.57 Å². The summed E-state index contributed by atoms with van der Waals surface area (Å²) in [5, 5.41) is 2.87. The minimum Gasteiger partial charge on any atom is -0.429 e. The molecule has 4 nitrogen and oxygen atoms in total. The number of aromatic nitrogens is 1. The molecule has 0 bridgehead atoms. The van der Waals surface area contributed by atoms with Gasteiger partial charge < -0.3 is 9.61 Å². The van der Waals surface area contributed by atoms with Crippen molar-refractivity contribution < 1.29 is 9.09 Å². The van der Waals surface area contributed by atoms with Gasteiger partial charge in [-0.15, -0.1) is 0 Å². The highest BCUT2D eigenvalue weighted by atomic mass is 31.2. The third-order valence-corrected chi connectivity index (χ3v) is 3.83. The van der Waals surface area contributed by atoms with E-state index in [-0.39, 0.29) is 0 Å². The first-order chi connectivity index (χ1) is 9.09. The summed E-state index contributed by atoms with van der Waals surface area (Å²) < 4.78 is 17.9. The molecule has 0 spiro atoms. The van der Waals surface area contributed by atoms with Gasteiger partial charge in [-0.25, -0.2) is 0 Å². The molecule has 5 heteroatoms. The molecule has 19 heavy (non-hydrogen) atoms. The SMILES string of the molecule is CCc1ccc(O[P@@](C)(=O)Nc2cccnc2)cc1. The van der Waals surface area contributed by atoms with Crippen molar-refractivity contribution in [2.75, 3.05) is 11.8 Å². The molecule has 0 unspecified atom stereocenters. The maximum absolute atomic E-state index is 12.3. The molecule has 0 aliphatic carbocycles. The average Bonchev–Trinajstić information content (AvgIpc) is 2.39. The van der Waals surface area contributed by atoms with Crippen LogP contribution in [0.3, 0.4) is 0 Å². The molecular weight excluding hydrogens is 259 g/mol. The molecule has 0 radical (unpaired) electrons. The number of nitrogens with zero attached hydrogens (tertiary/aromatic N) is 1. The zero-order valence-corrected chi connectivity index (χ0v) is 11.9. The number of pyridine rings is 1. The molecule has 0 amide bonds. The second-order valence-corrected chi connectivity index (χ2v) is 6.39. The Morgan fingerprint density at radius 1 is 1.26 bits per heavy atom. The summed E-state index contributed by atoms with van der Waals surface area (Å²) in [7, 11) is -2.95. The van der Waals surface area contributed by atoms with Gasteiger partial charge in [-0.05, 0) is 36.2 Å². The Bertz CT molecular complexity index is 570. The second kappa shape index (κ2) is 5.89. The van der Waals surface area contributed by atoms with Crippen LogP contribution in [0.25, 0.3) is 0 Å². The highest BCUT2D eigenvalue weighted by Gasteiger charge is 2.17.